The first kappa shape index (κ1) is 15.3. The van der Waals surface area contributed by atoms with Crippen molar-refractivity contribution in [2.75, 3.05) is 19.6 Å². The van der Waals surface area contributed by atoms with Crippen LogP contribution in [-0.2, 0) is 9.59 Å². The third-order valence-electron chi connectivity index (χ3n) is 4.77. The second kappa shape index (κ2) is 7.07. The number of carbonyl (C=O) groups excluding carboxylic acids is 2. The summed E-state index contributed by atoms with van der Waals surface area (Å²) >= 11 is 0. The molecule has 0 aromatic heterocycles. The van der Waals surface area contributed by atoms with Gasteiger partial charge in [-0.15, -0.1) is 0 Å². The van der Waals surface area contributed by atoms with E-state index in [0.29, 0.717) is 32.0 Å². The molecule has 2 unspecified atom stereocenters. The van der Waals surface area contributed by atoms with Gasteiger partial charge in [-0.25, -0.2) is 0 Å². The van der Waals surface area contributed by atoms with Crippen molar-refractivity contribution < 1.29 is 9.59 Å². The molecular formula is C15H27N3O2. The molecule has 3 N–H and O–H groups in total. The number of hydrogen-bond acceptors (Lipinski definition) is 3. The molecule has 1 aliphatic carbocycles. The fourth-order valence-electron chi connectivity index (χ4n) is 3.46. The van der Waals surface area contributed by atoms with Gasteiger partial charge in [0, 0.05) is 32.1 Å². The fraction of sp³-hybridized carbons (Fsp3) is 0.867. The standard InChI is InChI=1S/C15H27N3O2/c1-2-18-10-12(8-14(18)19)15(20)17-13(9-16)11-6-4-3-5-7-11/h11-13H,2-10,16H2,1H3,(H,17,20). The van der Waals surface area contributed by atoms with Crippen molar-refractivity contribution in [3.63, 3.8) is 0 Å². The Labute approximate surface area is 121 Å². The highest BCUT2D eigenvalue weighted by molar-refractivity contribution is 5.89. The quantitative estimate of drug-likeness (QED) is 0.785. The minimum Gasteiger partial charge on any atom is -0.352 e. The monoisotopic (exact) mass is 281 g/mol. The molecule has 1 saturated carbocycles. The first-order valence-electron chi connectivity index (χ1n) is 7.94. The predicted molar refractivity (Wildman–Crippen MR) is 77.9 cm³/mol. The van der Waals surface area contributed by atoms with E-state index < -0.39 is 0 Å². The summed E-state index contributed by atoms with van der Waals surface area (Å²) in [7, 11) is 0. The Morgan fingerprint density at radius 1 is 1.40 bits per heavy atom. The van der Waals surface area contributed by atoms with Crippen LogP contribution >= 0.6 is 0 Å². The van der Waals surface area contributed by atoms with E-state index in [4.69, 9.17) is 5.73 Å². The van der Waals surface area contributed by atoms with Crippen LogP contribution in [0.1, 0.15) is 45.4 Å². The van der Waals surface area contributed by atoms with Gasteiger partial charge in [-0.1, -0.05) is 19.3 Å². The number of amides is 2. The smallest absolute Gasteiger partial charge is 0.225 e. The Morgan fingerprint density at radius 3 is 2.65 bits per heavy atom. The number of nitrogens with zero attached hydrogens (tertiary/aromatic N) is 1. The molecule has 0 spiro atoms. The Kier molecular flexibility index (Phi) is 5.40. The van der Waals surface area contributed by atoms with Gasteiger partial charge in [-0.3, -0.25) is 9.59 Å². The molecule has 1 aliphatic heterocycles. The molecule has 2 aliphatic rings. The van der Waals surface area contributed by atoms with Crippen molar-refractivity contribution in [3.8, 4) is 0 Å². The van der Waals surface area contributed by atoms with Crippen LogP contribution in [0.25, 0.3) is 0 Å². The highest BCUT2D eigenvalue weighted by Crippen LogP contribution is 2.26. The summed E-state index contributed by atoms with van der Waals surface area (Å²) in [5, 5.41) is 3.10. The van der Waals surface area contributed by atoms with E-state index in [1.165, 1.54) is 19.3 Å². The van der Waals surface area contributed by atoms with Crippen LogP contribution in [0, 0.1) is 11.8 Å². The molecule has 20 heavy (non-hydrogen) atoms. The van der Waals surface area contributed by atoms with Crippen molar-refractivity contribution in [2.45, 2.75) is 51.5 Å². The lowest BCUT2D eigenvalue weighted by Gasteiger charge is -2.30. The molecule has 2 atom stereocenters. The summed E-state index contributed by atoms with van der Waals surface area (Å²) in [6, 6.07) is 0.0774. The average Bonchev–Trinajstić information content (AvgIpc) is 2.86. The zero-order valence-corrected chi connectivity index (χ0v) is 12.4. The van der Waals surface area contributed by atoms with Crippen molar-refractivity contribution >= 4 is 11.8 Å². The van der Waals surface area contributed by atoms with Crippen LogP contribution in [0.4, 0.5) is 0 Å². The minimum atomic E-state index is -0.194. The molecule has 2 rings (SSSR count). The van der Waals surface area contributed by atoms with Crippen molar-refractivity contribution in [1.82, 2.24) is 10.2 Å². The van der Waals surface area contributed by atoms with Crippen LogP contribution < -0.4 is 11.1 Å². The van der Waals surface area contributed by atoms with E-state index >= 15 is 0 Å². The zero-order chi connectivity index (χ0) is 14.5. The molecule has 1 heterocycles. The maximum atomic E-state index is 12.3. The van der Waals surface area contributed by atoms with Gasteiger partial charge < -0.3 is 16.0 Å². The van der Waals surface area contributed by atoms with E-state index in [2.05, 4.69) is 5.32 Å². The Balaban J connectivity index is 1.87. The molecule has 2 fully saturated rings. The van der Waals surface area contributed by atoms with Gasteiger partial charge in [0.25, 0.3) is 0 Å². The van der Waals surface area contributed by atoms with Gasteiger partial charge in [0.1, 0.15) is 0 Å². The lowest BCUT2D eigenvalue weighted by molar-refractivity contribution is -0.129. The van der Waals surface area contributed by atoms with Crippen LogP contribution in [0.3, 0.4) is 0 Å². The van der Waals surface area contributed by atoms with Gasteiger partial charge in [0.05, 0.1) is 5.92 Å². The number of likely N-dealkylation sites (tertiary alicyclic amines) is 1. The van der Waals surface area contributed by atoms with Gasteiger partial charge in [0.15, 0.2) is 0 Å². The third-order valence-corrected chi connectivity index (χ3v) is 4.77. The van der Waals surface area contributed by atoms with E-state index in [1.54, 1.807) is 4.90 Å². The number of rotatable bonds is 5. The minimum absolute atomic E-state index is 0.00956. The maximum Gasteiger partial charge on any atom is 0.225 e. The van der Waals surface area contributed by atoms with E-state index in [9.17, 15) is 9.59 Å². The first-order chi connectivity index (χ1) is 9.65. The second-order valence-corrected chi connectivity index (χ2v) is 6.08. The van der Waals surface area contributed by atoms with E-state index in [0.717, 1.165) is 12.8 Å². The average molecular weight is 281 g/mol. The third kappa shape index (κ3) is 3.51. The molecule has 0 radical (unpaired) electrons. The highest BCUT2D eigenvalue weighted by Gasteiger charge is 2.35. The van der Waals surface area contributed by atoms with Crippen LogP contribution in [0.5, 0.6) is 0 Å². The van der Waals surface area contributed by atoms with Gasteiger partial charge in [0.2, 0.25) is 11.8 Å². The predicted octanol–water partition coefficient (Wildman–Crippen LogP) is 0.879. The highest BCUT2D eigenvalue weighted by atomic mass is 16.2. The van der Waals surface area contributed by atoms with Crippen molar-refractivity contribution in [2.24, 2.45) is 17.6 Å². The maximum absolute atomic E-state index is 12.3. The molecule has 1 saturated heterocycles. The zero-order valence-electron chi connectivity index (χ0n) is 12.4. The molecule has 0 aromatic rings. The normalized spacial score (nSPS) is 25.8. The number of nitrogens with two attached hydrogens (primary N) is 1. The summed E-state index contributed by atoms with van der Waals surface area (Å²) in [5.41, 5.74) is 5.84. The molecular weight excluding hydrogens is 254 g/mol. The van der Waals surface area contributed by atoms with Gasteiger partial charge in [-0.2, -0.15) is 0 Å². The van der Waals surface area contributed by atoms with Crippen molar-refractivity contribution in [3.05, 3.63) is 0 Å². The first-order valence-corrected chi connectivity index (χ1v) is 7.94. The molecule has 0 bridgehead atoms. The lowest BCUT2D eigenvalue weighted by atomic mass is 9.83. The van der Waals surface area contributed by atoms with E-state index in [1.807, 2.05) is 6.92 Å². The molecule has 5 nitrogen and oxygen atoms in total. The number of hydrogen-bond donors (Lipinski definition) is 2. The van der Waals surface area contributed by atoms with Crippen molar-refractivity contribution in [1.29, 1.82) is 0 Å². The second-order valence-electron chi connectivity index (χ2n) is 6.08. The summed E-state index contributed by atoms with van der Waals surface area (Å²) in [4.78, 5) is 25.8. The summed E-state index contributed by atoms with van der Waals surface area (Å²) in [6.07, 6.45) is 6.44. The molecule has 5 heteroatoms. The molecule has 2 amide bonds. The largest absolute Gasteiger partial charge is 0.352 e. The SMILES string of the molecule is CCN1CC(C(=O)NC(CN)C2CCCCC2)CC1=O. The molecule has 114 valence electrons. The van der Waals surface area contributed by atoms with Crippen LogP contribution in [-0.4, -0.2) is 42.4 Å². The summed E-state index contributed by atoms with van der Waals surface area (Å²) < 4.78 is 0. The Bertz CT molecular complexity index is 353. The lowest BCUT2D eigenvalue weighted by Crippen LogP contribution is -2.48. The number of nitrogens with one attached hydrogen (secondary N) is 1. The summed E-state index contributed by atoms with van der Waals surface area (Å²) in [6.45, 7) is 3.69. The van der Waals surface area contributed by atoms with Crippen LogP contribution in [0.15, 0.2) is 0 Å². The fourth-order valence-corrected chi connectivity index (χ4v) is 3.46. The molecule has 0 aromatic carbocycles. The Morgan fingerprint density at radius 2 is 2.10 bits per heavy atom. The summed E-state index contributed by atoms with van der Waals surface area (Å²) in [5.74, 6) is 0.419. The van der Waals surface area contributed by atoms with Gasteiger partial charge >= 0.3 is 0 Å². The van der Waals surface area contributed by atoms with Gasteiger partial charge in [-0.05, 0) is 25.7 Å². The van der Waals surface area contributed by atoms with Crippen LogP contribution in [0.2, 0.25) is 0 Å². The topological polar surface area (TPSA) is 75.4 Å². The number of carbonyl (C=O) groups is 2. The Hall–Kier alpha value is -1.10. The van der Waals surface area contributed by atoms with E-state index in [-0.39, 0.29) is 23.8 Å².